The van der Waals surface area contributed by atoms with Crippen molar-refractivity contribution in [3.63, 3.8) is 0 Å². The van der Waals surface area contributed by atoms with E-state index in [-0.39, 0.29) is 24.4 Å². The first-order chi connectivity index (χ1) is 8.56. The minimum atomic E-state index is 0.0270. The molecule has 0 aromatic heterocycles. The van der Waals surface area contributed by atoms with E-state index < -0.39 is 0 Å². The van der Waals surface area contributed by atoms with E-state index in [4.69, 9.17) is 0 Å². The largest absolute Gasteiger partial charge is 0.344 e. The molecule has 1 rings (SSSR count). The molecular weight excluding hydrogens is 228 g/mol. The van der Waals surface area contributed by atoms with Crippen molar-refractivity contribution in [2.75, 3.05) is 20.1 Å². The van der Waals surface area contributed by atoms with E-state index in [9.17, 15) is 9.59 Å². The molecule has 0 saturated heterocycles. The first-order valence-electron chi connectivity index (χ1n) is 7.07. The predicted molar refractivity (Wildman–Crippen MR) is 72.2 cm³/mol. The van der Waals surface area contributed by atoms with Crippen LogP contribution in [0, 0.1) is 0 Å². The molecule has 0 radical (unpaired) electrons. The summed E-state index contributed by atoms with van der Waals surface area (Å²) in [6, 6.07) is 0.283. The van der Waals surface area contributed by atoms with Gasteiger partial charge in [-0.3, -0.25) is 9.59 Å². The molecule has 0 unspecified atom stereocenters. The van der Waals surface area contributed by atoms with Crippen LogP contribution in [-0.2, 0) is 9.59 Å². The third-order valence-electron chi connectivity index (χ3n) is 3.75. The van der Waals surface area contributed by atoms with Crippen LogP contribution in [0.4, 0.5) is 0 Å². The zero-order valence-electron chi connectivity index (χ0n) is 11.9. The molecule has 1 saturated carbocycles. The summed E-state index contributed by atoms with van der Waals surface area (Å²) in [6.07, 6.45) is 6.54. The SMILES string of the molecule is CCCCN(C)C(=O)CN(C(C)=O)C1CCCC1. The maximum atomic E-state index is 12.1. The topological polar surface area (TPSA) is 40.6 Å². The van der Waals surface area contributed by atoms with Crippen LogP contribution >= 0.6 is 0 Å². The Morgan fingerprint density at radius 3 is 2.33 bits per heavy atom. The lowest BCUT2D eigenvalue weighted by Crippen LogP contribution is -2.45. The van der Waals surface area contributed by atoms with Crippen LogP contribution in [0.3, 0.4) is 0 Å². The van der Waals surface area contributed by atoms with Crippen molar-refractivity contribution in [3.8, 4) is 0 Å². The normalized spacial score (nSPS) is 15.7. The smallest absolute Gasteiger partial charge is 0.241 e. The van der Waals surface area contributed by atoms with Crippen LogP contribution in [0.1, 0.15) is 52.4 Å². The van der Waals surface area contributed by atoms with Gasteiger partial charge in [0.2, 0.25) is 11.8 Å². The molecule has 18 heavy (non-hydrogen) atoms. The third-order valence-corrected chi connectivity index (χ3v) is 3.75. The highest BCUT2D eigenvalue weighted by molar-refractivity contribution is 5.83. The number of likely N-dealkylation sites (N-methyl/N-ethyl adjacent to an activating group) is 1. The van der Waals surface area contributed by atoms with Gasteiger partial charge in [-0.25, -0.2) is 0 Å². The quantitative estimate of drug-likeness (QED) is 0.727. The molecule has 1 aliphatic rings. The van der Waals surface area contributed by atoms with E-state index in [2.05, 4.69) is 6.92 Å². The number of hydrogen-bond donors (Lipinski definition) is 0. The number of carbonyl (C=O) groups is 2. The molecule has 0 N–H and O–H groups in total. The lowest BCUT2D eigenvalue weighted by molar-refractivity contribution is -0.140. The van der Waals surface area contributed by atoms with E-state index in [0.717, 1.165) is 32.2 Å². The number of rotatable bonds is 6. The van der Waals surface area contributed by atoms with E-state index in [1.807, 2.05) is 7.05 Å². The van der Waals surface area contributed by atoms with Crippen LogP contribution in [0.2, 0.25) is 0 Å². The van der Waals surface area contributed by atoms with Crippen LogP contribution in [0.25, 0.3) is 0 Å². The van der Waals surface area contributed by atoms with Crippen LogP contribution in [-0.4, -0.2) is 47.8 Å². The highest BCUT2D eigenvalue weighted by Crippen LogP contribution is 2.23. The van der Waals surface area contributed by atoms with Crippen molar-refractivity contribution in [1.29, 1.82) is 0 Å². The molecular formula is C14H26N2O2. The monoisotopic (exact) mass is 254 g/mol. The average molecular weight is 254 g/mol. The zero-order chi connectivity index (χ0) is 13.5. The summed E-state index contributed by atoms with van der Waals surface area (Å²) >= 11 is 0. The number of hydrogen-bond acceptors (Lipinski definition) is 2. The summed E-state index contributed by atoms with van der Waals surface area (Å²) in [7, 11) is 1.82. The van der Waals surface area contributed by atoms with Crippen molar-refractivity contribution < 1.29 is 9.59 Å². The van der Waals surface area contributed by atoms with Gasteiger partial charge in [-0.05, 0) is 19.3 Å². The fourth-order valence-electron chi connectivity index (χ4n) is 2.50. The van der Waals surface area contributed by atoms with Crippen LogP contribution in [0.15, 0.2) is 0 Å². The van der Waals surface area contributed by atoms with Gasteiger partial charge >= 0.3 is 0 Å². The molecule has 2 amide bonds. The lowest BCUT2D eigenvalue weighted by Gasteiger charge is -2.29. The number of unbranched alkanes of at least 4 members (excludes halogenated alkanes) is 1. The van der Waals surface area contributed by atoms with Gasteiger partial charge in [-0.2, -0.15) is 0 Å². The van der Waals surface area contributed by atoms with Crippen LogP contribution in [0.5, 0.6) is 0 Å². The van der Waals surface area contributed by atoms with Crippen molar-refractivity contribution in [2.24, 2.45) is 0 Å². The molecule has 104 valence electrons. The van der Waals surface area contributed by atoms with Gasteiger partial charge in [0.15, 0.2) is 0 Å². The summed E-state index contributed by atoms with van der Waals surface area (Å²) < 4.78 is 0. The zero-order valence-corrected chi connectivity index (χ0v) is 11.9. The van der Waals surface area contributed by atoms with Gasteiger partial charge in [-0.1, -0.05) is 26.2 Å². The first kappa shape index (κ1) is 15.0. The molecule has 4 heteroatoms. The van der Waals surface area contributed by atoms with Crippen molar-refractivity contribution in [1.82, 2.24) is 9.80 Å². The van der Waals surface area contributed by atoms with Crippen molar-refractivity contribution in [2.45, 2.75) is 58.4 Å². The summed E-state index contributed by atoms with van der Waals surface area (Å²) in [4.78, 5) is 27.2. The maximum Gasteiger partial charge on any atom is 0.241 e. The van der Waals surface area contributed by atoms with Gasteiger partial charge in [-0.15, -0.1) is 0 Å². The molecule has 0 aromatic carbocycles. The molecule has 0 aliphatic heterocycles. The van der Waals surface area contributed by atoms with Crippen LogP contribution < -0.4 is 0 Å². The highest BCUT2D eigenvalue weighted by Gasteiger charge is 2.26. The highest BCUT2D eigenvalue weighted by atomic mass is 16.2. The molecule has 0 heterocycles. The second-order valence-electron chi connectivity index (χ2n) is 5.25. The molecule has 4 nitrogen and oxygen atoms in total. The molecule has 0 spiro atoms. The van der Waals surface area contributed by atoms with Gasteiger partial charge in [0.25, 0.3) is 0 Å². The number of carbonyl (C=O) groups excluding carboxylic acids is 2. The number of nitrogens with zero attached hydrogens (tertiary/aromatic N) is 2. The van der Waals surface area contributed by atoms with E-state index in [1.165, 1.54) is 12.8 Å². The Kier molecular flexibility index (Phi) is 6.16. The minimum absolute atomic E-state index is 0.0270. The fourth-order valence-corrected chi connectivity index (χ4v) is 2.50. The Labute approximate surface area is 110 Å². The Balaban J connectivity index is 2.49. The Bertz CT molecular complexity index is 286. The van der Waals surface area contributed by atoms with Crippen molar-refractivity contribution >= 4 is 11.8 Å². The second kappa shape index (κ2) is 7.39. The Hall–Kier alpha value is -1.06. The van der Waals surface area contributed by atoms with E-state index in [0.29, 0.717) is 0 Å². The summed E-state index contributed by atoms with van der Waals surface area (Å²) in [5.74, 6) is 0.0877. The summed E-state index contributed by atoms with van der Waals surface area (Å²) in [6.45, 7) is 4.71. The molecule has 1 fully saturated rings. The maximum absolute atomic E-state index is 12.1. The standard InChI is InChI=1S/C14H26N2O2/c1-4-5-10-15(3)14(18)11-16(12(2)17)13-8-6-7-9-13/h13H,4-11H2,1-3H3. The van der Waals surface area contributed by atoms with Gasteiger partial charge in [0.05, 0.1) is 6.54 Å². The van der Waals surface area contributed by atoms with Crippen molar-refractivity contribution in [3.05, 3.63) is 0 Å². The number of amides is 2. The lowest BCUT2D eigenvalue weighted by atomic mass is 10.2. The van der Waals surface area contributed by atoms with Gasteiger partial charge in [0.1, 0.15) is 0 Å². The average Bonchev–Trinajstić information content (AvgIpc) is 2.85. The predicted octanol–water partition coefficient (Wildman–Crippen LogP) is 2.04. The molecule has 0 atom stereocenters. The first-order valence-corrected chi connectivity index (χ1v) is 7.07. The fraction of sp³-hybridized carbons (Fsp3) is 0.857. The Morgan fingerprint density at radius 2 is 1.83 bits per heavy atom. The summed E-state index contributed by atoms with van der Waals surface area (Å²) in [5.41, 5.74) is 0. The van der Waals surface area contributed by atoms with Gasteiger partial charge < -0.3 is 9.80 Å². The van der Waals surface area contributed by atoms with Gasteiger partial charge in [0, 0.05) is 26.6 Å². The summed E-state index contributed by atoms with van der Waals surface area (Å²) in [5, 5.41) is 0. The molecule has 1 aliphatic carbocycles. The minimum Gasteiger partial charge on any atom is -0.344 e. The molecule has 0 aromatic rings. The third kappa shape index (κ3) is 4.31. The second-order valence-corrected chi connectivity index (χ2v) is 5.25. The van der Waals surface area contributed by atoms with E-state index in [1.54, 1.807) is 16.7 Å². The van der Waals surface area contributed by atoms with E-state index >= 15 is 0 Å². The molecule has 0 bridgehead atoms. The Morgan fingerprint density at radius 1 is 1.22 bits per heavy atom.